The molecule has 0 saturated heterocycles. The molecule has 0 rings (SSSR count). The Morgan fingerprint density at radius 1 is 0.692 bits per heavy atom. The van der Waals surface area contributed by atoms with Gasteiger partial charge in [0, 0.05) is 12.8 Å². The molecule has 232 valence electrons. The highest BCUT2D eigenvalue weighted by molar-refractivity contribution is 7.47. The number of ether oxygens (including phenoxy) is 2. The van der Waals surface area contributed by atoms with Gasteiger partial charge in [-0.2, -0.15) is 0 Å². The zero-order valence-corrected chi connectivity index (χ0v) is 26.5. The Hall–Kier alpha value is -0.990. The van der Waals surface area contributed by atoms with Gasteiger partial charge in [-0.3, -0.25) is 18.6 Å². The monoisotopic (exact) mass is 580 g/mol. The fourth-order valence-corrected chi connectivity index (χ4v) is 4.63. The maximum absolute atomic E-state index is 12.4. The van der Waals surface area contributed by atoms with Crippen LogP contribution in [0.3, 0.4) is 0 Å². The first-order valence-electron chi connectivity index (χ1n) is 15.3. The maximum atomic E-state index is 12.4. The molecule has 1 N–H and O–H groups in total. The van der Waals surface area contributed by atoms with Crippen LogP contribution in [-0.4, -0.2) is 74.9 Å². The van der Waals surface area contributed by atoms with Crippen molar-refractivity contribution >= 4 is 19.8 Å². The first-order chi connectivity index (χ1) is 18.5. The lowest BCUT2D eigenvalue weighted by atomic mass is 10.0. The van der Waals surface area contributed by atoms with Crippen LogP contribution < -0.4 is 0 Å². The van der Waals surface area contributed by atoms with Gasteiger partial charge in [-0.15, -0.1) is 0 Å². The van der Waals surface area contributed by atoms with E-state index < -0.39 is 32.5 Å². The zero-order valence-electron chi connectivity index (χ0n) is 25.6. The van der Waals surface area contributed by atoms with Crippen molar-refractivity contribution in [3.8, 4) is 0 Å². The number of carbonyl (C=O) groups excluding carboxylic acids is 2. The molecule has 0 amide bonds. The molecule has 10 heteroatoms. The Morgan fingerprint density at radius 3 is 1.69 bits per heavy atom. The molecule has 0 aliphatic heterocycles. The second kappa shape index (κ2) is 23.7. The normalized spacial score (nSPS) is 14.1. The SMILES string of the molecule is CCCCCCCCCCCCCCC(=O)O[C@H](COC(=O)CCCCC)COP(=O)(O)OCC[N+](C)(C)C. The number of quaternary nitrogens is 1. The van der Waals surface area contributed by atoms with E-state index in [1.54, 1.807) is 0 Å². The van der Waals surface area contributed by atoms with Crippen molar-refractivity contribution in [2.45, 2.75) is 129 Å². The van der Waals surface area contributed by atoms with Crippen LogP contribution in [0.25, 0.3) is 0 Å². The third-order valence-corrected chi connectivity index (χ3v) is 7.37. The van der Waals surface area contributed by atoms with Crippen molar-refractivity contribution in [1.82, 2.24) is 0 Å². The number of nitrogens with zero attached hydrogens (tertiary/aromatic N) is 1. The number of rotatable bonds is 27. The van der Waals surface area contributed by atoms with E-state index in [9.17, 15) is 19.0 Å². The van der Waals surface area contributed by atoms with E-state index in [0.717, 1.165) is 32.1 Å². The lowest BCUT2D eigenvalue weighted by molar-refractivity contribution is -0.870. The number of phosphoric acid groups is 1. The van der Waals surface area contributed by atoms with Crippen molar-refractivity contribution < 1.29 is 42.1 Å². The van der Waals surface area contributed by atoms with Gasteiger partial charge >= 0.3 is 19.8 Å². The van der Waals surface area contributed by atoms with Gasteiger partial charge in [0.25, 0.3) is 0 Å². The van der Waals surface area contributed by atoms with Gasteiger partial charge in [-0.05, 0) is 12.8 Å². The minimum absolute atomic E-state index is 0.0348. The van der Waals surface area contributed by atoms with E-state index in [0.29, 0.717) is 17.4 Å². The highest BCUT2D eigenvalue weighted by Crippen LogP contribution is 2.43. The Bertz CT molecular complexity index is 668. The van der Waals surface area contributed by atoms with Crippen LogP contribution in [0.1, 0.15) is 123 Å². The van der Waals surface area contributed by atoms with Gasteiger partial charge in [0.05, 0.1) is 27.7 Å². The predicted molar refractivity (Wildman–Crippen MR) is 155 cm³/mol. The molecule has 0 spiro atoms. The largest absolute Gasteiger partial charge is 0.472 e. The smallest absolute Gasteiger partial charge is 0.462 e. The standard InChI is InChI=1S/C29H58NO8P/c1-6-8-10-11-12-13-14-15-16-17-18-20-22-29(32)38-27(25-35-28(31)21-19-9-7-2)26-37-39(33,34)36-24-23-30(3,4)5/h27H,6-26H2,1-5H3/p+1/t27-/m1/s1. The van der Waals surface area contributed by atoms with Crippen molar-refractivity contribution in [2.75, 3.05) is 47.5 Å². The summed E-state index contributed by atoms with van der Waals surface area (Å²) in [6.45, 7) is 4.21. The van der Waals surface area contributed by atoms with E-state index in [4.69, 9.17) is 18.5 Å². The van der Waals surface area contributed by atoms with E-state index in [-0.39, 0.29) is 26.1 Å². The second-order valence-corrected chi connectivity index (χ2v) is 13.0. The molecular formula is C29H59NO8P+. The fourth-order valence-electron chi connectivity index (χ4n) is 3.89. The van der Waals surface area contributed by atoms with Crippen LogP contribution in [0.4, 0.5) is 0 Å². The van der Waals surface area contributed by atoms with Crippen LogP contribution in [0.2, 0.25) is 0 Å². The van der Waals surface area contributed by atoms with E-state index in [1.807, 2.05) is 28.1 Å². The van der Waals surface area contributed by atoms with Crippen LogP contribution >= 0.6 is 7.82 Å². The first-order valence-corrected chi connectivity index (χ1v) is 16.8. The maximum Gasteiger partial charge on any atom is 0.472 e. The van der Waals surface area contributed by atoms with Crippen LogP contribution in [0.15, 0.2) is 0 Å². The molecule has 0 aromatic heterocycles. The minimum Gasteiger partial charge on any atom is -0.462 e. The van der Waals surface area contributed by atoms with Crippen molar-refractivity contribution in [3.05, 3.63) is 0 Å². The molecule has 0 bridgehead atoms. The van der Waals surface area contributed by atoms with Gasteiger partial charge < -0.3 is 18.9 Å². The van der Waals surface area contributed by atoms with Crippen LogP contribution in [0, 0.1) is 0 Å². The van der Waals surface area contributed by atoms with Crippen LogP contribution in [0.5, 0.6) is 0 Å². The highest BCUT2D eigenvalue weighted by atomic mass is 31.2. The molecule has 0 aromatic rings. The van der Waals surface area contributed by atoms with Crippen molar-refractivity contribution in [3.63, 3.8) is 0 Å². The summed E-state index contributed by atoms with van der Waals surface area (Å²) in [5.74, 6) is -0.826. The molecule has 9 nitrogen and oxygen atoms in total. The summed E-state index contributed by atoms with van der Waals surface area (Å²) in [4.78, 5) is 34.4. The predicted octanol–water partition coefficient (Wildman–Crippen LogP) is 6.95. The number of hydrogen-bond acceptors (Lipinski definition) is 7. The summed E-state index contributed by atoms with van der Waals surface area (Å²) in [5.41, 5.74) is 0. The van der Waals surface area contributed by atoms with Crippen molar-refractivity contribution in [1.29, 1.82) is 0 Å². The molecule has 39 heavy (non-hydrogen) atoms. The number of phosphoric ester groups is 1. The zero-order chi connectivity index (χ0) is 29.4. The Morgan fingerprint density at radius 2 is 1.15 bits per heavy atom. The average molecular weight is 581 g/mol. The summed E-state index contributed by atoms with van der Waals surface area (Å²) in [6.07, 6.45) is 16.6. The highest BCUT2D eigenvalue weighted by Gasteiger charge is 2.27. The third kappa shape index (κ3) is 27.0. The lowest BCUT2D eigenvalue weighted by Gasteiger charge is -2.24. The van der Waals surface area contributed by atoms with E-state index in [1.165, 1.54) is 57.8 Å². The van der Waals surface area contributed by atoms with Gasteiger partial charge in [0.1, 0.15) is 19.8 Å². The summed E-state index contributed by atoms with van der Waals surface area (Å²) in [6, 6.07) is 0. The number of likely N-dealkylation sites (N-methyl/N-ethyl adjacent to an activating group) is 1. The van der Waals surface area contributed by atoms with Gasteiger partial charge in [0.2, 0.25) is 0 Å². The van der Waals surface area contributed by atoms with Gasteiger partial charge in [-0.25, -0.2) is 4.57 Å². The lowest BCUT2D eigenvalue weighted by Crippen LogP contribution is -2.37. The first kappa shape index (κ1) is 38.0. The minimum atomic E-state index is -4.34. The summed E-state index contributed by atoms with van der Waals surface area (Å²) in [5, 5.41) is 0. The Labute approximate surface area is 238 Å². The number of carbonyl (C=O) groups is 2. The summed E-state index contributed by atoms with van der Waals surface area (Å²) < 4.78 is 33.6. The molecular weight excluding hydrogens is 521 g/mol. The van der Waals surface area contributed by atoms with Crippen molar-refractivity contribution in [2.24, 2.45) is 0 Å². The fraction of sp³-hybridized carbons (Fsp3) is 0.931. The average Bonchev–Trinajstić information content (AvgIpc) is 2.85. The molecule has 0 heterocycles. The molecule has 0 aliphatic rings. The second-order valence-electron chi connectivity index (χ2n) is 11.5. The Balaban J connectivity index is 4.39. The van der Waals surface area contributed by atoms with E-state index >= 15 is 0 Å². The number of hydrogen-bond donors (Lipinski definition) is 1. The van der Waals surface area contributed by atoms with Gasteiger partial charge in [-0.1, -0.05) is 97.3 Å². The summed E-state index contributed by atoms with van der Waals surface area (Å²) in [7, 11) is 1.48. The number of esters is 2. The third-order valence-electron chi connectivity index (χ3n) is 6.39. The molecule has 2 atom stereocenters. The van der Waals surface area contributed by atoms with Gasteiger partial charge in [0.15, 0.2) is 6.10 Å². The molecule has 0 fully saturated rings. The topological polar surface area (TPSA) is 108 Å². The molecule has 0 radical (unpaired) electrons. The molecule has 0 aromatic carbocycles. The molecule has 1 unspecified atom stereocenters. The Kier molecular flexibility index (Phi) is 23.1. The number of unbranched alkanes of at least 4 members (excludes halogenated alkanes) is 13. The van der Waals surface area contributed by atoms with Crippen LogP contribution in [-0.2, 0) is 32.7 Å². The summed E-state index contributed by atoms with van der Waals surface area (Å²) >= 11 is 0. The van der Waals surface area contributed by atoms with E-state index in [2.05, 4.69) is 6.92 Å². The quantitative estimate of drug-likeness (QED) is 0.0481. The molecule has 0 saturated carbocycles. The molecule has 0 aliphatic carbocycles.